The minimum absolute atomic E-state index is 0. The third-order valence-corrected chi connectivity index (χ3v) is 1.22. The SMILES string of the molecule is CC(=O)c1[c-][nH]n(C)c1=O.[Y]. The van der Waals surface area contributed by atoms with Gasteiger partial charge in [0.2, 0.25) is 0 Å². The maximum Gasteiger partial charge on any atom is 0.160 e. The van der Waals surface area contributed by atoms with E-state index in [4.69, 9.17) is 0 Å². The molecule has 1 rings (SSSR count). The van der Waals surface area contributed by atoms with Gasteiger partial charge in [-0.05, 0) is 6.92 Å². The van der Waals surface area contributed by atoms with Gasteiger partial charge in [0.05, 0.1) is 5.78 Å². The van der Waals surface area contributed by atoms with Gasteiger partial charge in [-0.2, -0.15) is 0 Å². The van der Waals surface area contributed by atoms with Gasteiger partial charge in [0.1, 0.15) is 0 Å². The van der Waals surface area contributed by atoms with Crippen LogP contribution in [0.3, 0.4) is 0 Å². The molecular weight excluding hydrogens is 221 g/mol. The summed E-state index contributed by atoms with van der Waals surface area (Å²) in [6.07, 6.45) is 2.45. The molecule has 1 aromatic heterocycles. The number of nitrogens with one attached hydrogen (secondary N) is 1. The van der Waals surface area contributed by atoms with E-state index in [0.29, 0.717) is 0 Å². The molecule has 0 aliphatic heterocycles. The number of aromatic amines is 1. The summed E-state index contributed by atoms with van der Waals surface area (Å²) in [7, 11) is 1.53. The zero-order valence-electron chi connectivity index (χ0n) is 6.34. The van der Waals surface area contributed by atoms with Gasteiger partial charge in [0, 0.05) is 39.8 Å². The Bertz CT molecular complexity index is 313. The third kappa shape index (κ3) is 2.10. The van der Waals surface area contributed by atoms with Crippen molar-refractivity contribution in [1.29, 1.82) is 0 Å². The van der Waals surface area contributed by atoms with Crippen LogP contribution in [0.1, 0.15) is 17.3 Å². The van der Waals surface area contributed by atoms with E-state index in [1.807, 2.05) is 0 Å². The zero-order chi connectivity index (χ0) is 7.72. The molecule has 0 aliphatic rings. The molecule has 0 saturated heterocycles. The van der Waals surface area contributed by atoms with Crippen molar-refractivity contribution in [2.75, 3.05) is 0 Å². The van der Waals surface area contributed by atoms with Crippen LogP contribution in [-0.4, -0.2) is 15.6 Å². The van der Waals surface area contributed by atoms with E-state index >= 15 is 0 Å². The summed E-state index contributed by atoms with van der Waals surface area (Å²) in [5.74, 6) is -0.262. The number of Topliss-reactive ketones (excluding diaryl/α,β-unsaturated/α-hetero) is 1. The number of hydrogen-bond donors (Lipinski definition) is 1. The van der Waals surface area contributed by atoms with Gasteiger partial charge in [-0.25, -0.2) is 0 Å². The number of carbonyl (C=O) groups is 1. The molecule has 5 heteroatoms. The summed E-state index contributed by atoms with van der Waals surface area (Å²) in [6, 6.07) is 0. The maximum atomic E-state index is 10.9. The molecule has 0 unspecified atom stereocenters. The standard InChI is InChI=1S/C6H7N2O2.Y/c1-4(9)5-3-7-8(2)6(5)10;/h7H,1-2H3;/q-1;. The summed E-state index contributed by atoms with van der Waals surface area (Å²) < 4.78 is 1.21. The molecule has 0 amide bonds. The van der Waals surface area contributed by atoms with Crippen LogP contribution in [0.4, 0.5) is 0 Å². The topological polar surface area (TPSA) is 54.9 Å². The van der Waals surface area contributed by atoms with E-state index in [-0.39, 0.29) is 49.6 Å². The Kier molecular flexibility index (Phi) is 3.90. The molecule has 11 heavy (non-hydrogen) atoms. The van der Waals surface area contributed by atoms with Gasteiger partial charge >= 0.3 is 0 Å². The number of rotatable bonds is 1. The fraction of sp³-hybridized carbons (Fsp3) is 0.333. The first-order chi connectivity index (χ1) is 4.63. The van der Waals surface area contributed by atoms with Gasteiger partial charge in [0.15, 0.2) is 5.56 Å². The normalized spacial score (nSPS) is 8.91. The largest absolute Gasteiger partial charge is 0.371 e. The molecule has 0 aliphatic carbocycles. The molecule has 1 heterocycles. The third-order valence-electron chi connectivity index (χ3n) is 1.22. The Morgan fingerprint density at radius 3 is 2.36 bits per heavy atom. The molecular formula is C6H7N2O2Y-. The van der Waals surface area contributed by atoms with Crippen LogP contribution < -0.4 is 5.56 Å². The fourth-order valence-corrected chi connectivity index (χ4v) is 0.650. The van der Waals surface area contributed by atoms with E-state index < -0.39 is 0 Å². The monoisotopic (exact) mass is 228 g/mol. The molecule has 1 N–H and O–H groups in total. The smallest absolute Gasteiger partial charge is 0.160 e. The number of H-pyrrole nitrogens is 1. The molecule has 0 bridgehead atoms. The van der Waals surface area contributed by atoms with Crippen molar-refractivity contribution < 1.29 is 37.5 Å². The van der Waals surface area contributed by atoms with Crippen LogP contribution in [0.15, 0.2) is 4.79 Å². The second-order valence-corrected chi connectivity index (χ2v) is 2.03. The van der Waals surface area contributed by atoms with Crippen molar-refractivity contribution in [3.63, 3.8) is 0 Å². The maximum absolute atomic E-state index is 10.9. The number of hydrogen-bond acceptors (Lipinski definition) is 2. The minimum Gasteiger partial charge on any atom is -0.371 e. The molecule has 0 atom stereocenters. The van der Waals surface area contributed by atoms with Crippen molar-refractivity contribution in [3.8, 4) is 0 Å². The Balaban J connectivity index is 0.000001000. The van der Waals surface area contributed by atoms with Crippen LogP contribution >= 0.6 is 0 Å². The van der Waals surface area contributed by atoms with Gasteiger partial charge in [-0.15, -0.1) is 0 Å². The van der Waals surface area contributed by atoms with Gasteiger partial charge in [-0.1, -0.05) is 11.8 Å². The number of aromatic nitrogens is 2. The van der Waals surface area contributed by atoms with E-state index in [2.05, 4.69) is 11.3 Å². The van der Waals surface area contributed by atoms with Crippen LogP contribution in [0.25, 0.3) is 0 Å². The summed E-state index contributed by atoms with van der Waals surface area (Å²) in [4.78, 5) is 21.5. The molecule has 1 aromatic rings. The van der Waals surface area contributed by atoms with Crippen molar-refractivity contribution >= 4 is 5.78 Å². The Hall–Kier alpha value is -0.216. The summed E-state index contributed by atoms with van der Waals surface area (Å²) in [6.45, 7) is 1.33. The molecule has 1 radical (unpaired) electrons. The van der Waals surface area contributed by atoms with Crippen molar-refractivity contribution in [2.24, 2.45) is 7.05 Å². The predicted octanol–water partition coefficient (Wildman–Crippen LogP) is -0.286. The van der Waals surface area contributed by atoms with E-state index in [1.165, 1.54) is 18.7 Å². The molecule has 57 valence electrons. The average Bonchev–Trinajstić information content (AvgIpc) is 2.14. The Morgan fingerprint density at radius 1 is 1.64 bits per heavy atom. The first-order valence-corrected chi connectivity index (χ1v) is 2.80. The van der Waals surface area contributed by atoms with Crippen molar-refractivity contribution in [3.05, 3.63) is 22.1 Å². The van der Waals surface area contributed by atoms with Gasteiger partial charge in [0.25, 0.3) is 0 Å². The van der Waals surface area contributed by atoms with E-state index in [0.717, 1.165) is 0 Å². The van der Waals surface area contributed by atoms with Crippen LogP contribution in [0.2, 0.25) is 0 Å². The Labute approximate surface area is 88.8 Å². The number of aryl methyl sites for hydroxylation is 1. The first-order valence-electron chi connectivity index (χ1n) is 2.80. The average molecular weight is 228 g/mol. The second kappa shape index (κ2) is 3.97. The summed E-state index contributed by atoms with van der Waals surface area (Å²) in [5.41, 5.74) is -0.241. The summed E-state index contributed by atoms with van der Waals surface area (Å²) in [5, 5.41) is 2.48. The van der Waals surface area contributed by atoms with Gasteiger partial charge in [-0.3, -0.25) is 0 Å². The molecule has 0 fully saturated rings. The van der Waals surface area contributed by atoms with Crippen molar-refractivity contribution in [2.45, 2.75) is 6.92 Å². The van der Waals surface area contributed by atoms with Gasteiger partial charge < -0.3 is 19.4 Å². The number of ketones is 1. The predicted molar refractivity (Wildman–Crippen MR) is 34.9 cm³/mol. The van der Waals surface area contributed by atoms with Crippen LogP contribution in [0.5, 0.6) is 0 Å². The molecule has 0 saturated carbocycles. The zero-order valence-corrected chi connectivity index (χ0v) is 9.18. The quantitative estimate of drug-likeness (QED) is 0.530. The van der Waals surface area contributed by atoms with Crippen molar-refractivity contribution in [1.82, 2.24) is 9.78 Å². The second-order valence-electron chi connectivity index (χ2n) is 2.03. The molecule has 0 aromatic carbocycles. The number of carbonyl (C=O) groups excluding carboxylic acids is 1. The van der Waals surface area contributed by atoms with E-state index in [1.54, 1.807) is 0 Å². The Morgan fingerprint density at radius 2 is 2.18 bits per heavy atom. The fourth-order valence-electron chi connectivity index (χ4n) is 0.650. The molecule has 4 nitrogen and oxygen atoms in total. The summed E-state index contributed by atoms with van der Waals surface area (Å²) >= 11 is 0. The van der Waals surface area contributed by atoms with E-state index in [9.17, 15) is 9.59 Å². The minimum atomic E-state index is -0.326. The number of nitrogens with zero attached hydrogens (tertiary/aromatic N) is 1. The molecule has 0 spiro atoms. The first kappa shape index (κ1) is 10.8. The van der Waals surface area contributed by atoms with Crippen LogP contribution in [0, 0.1) is 6.20 Å². The van der Waals surface area contributed by atoms with Crippen LogP contribution in [-0.2, 0) is 39.8 Å².